The molecule has 1 amide bonds. The number of nitrogens with one attached hydrogen (secondary N) is 1. The molecule has 5 nitrogen and oxygen atoms in total. The fraction of sp³-hybridized carbons (Fsp3) is 0.417. The summed E-state index contributed by atoms with van der Waals surface area (Å²) in [7, 11) is 0. The molecule has 3 aromatic rings. The molecule has 0 saturated carbocycles. The number of ether oxygens (including phenoxy) is 1. The van der Waals surface area contributed by atoms with Crippen molar-refractivity contribution >= 4 is 44.2 Å². The van der Waals surface area contributed by atoms with Crippen LogP contribution in [0.4, 0.5) is 5.13 Å². The van der Waals surface area contributed by atoms with Crippen molar-refractivity contribution in [1.29, 1.82) is 0 Å². The highest BCUT2D eigenvalue weighted by Gasteiger charge is 2.16. The number of carbonyl (C=O) groups excluding carboxylic acids is 1. The van der Waals surface area contributed by atoms with Gasteiger partial charge in [0.1, 0.15) is 5.75 Å². The third-order valence-corrected chi connectivity index (χ3v) is 7.29. The molecule has 4 rings (SSSR count). The third kappa shape index (κ3) is 5.56. The summed E-state index contributed by atoms with van der Waals surface area (Å²) in [4.78, 5) is 19.4. The molecule has 0 unspecified atom stereocenters. The Hall–Kier alpha value is -2.15. The molecule has 0 radical (unpaired) electrons. The number of hydrogen-bond donors (Lipinski definition) is 1. The van der Waals surface area contributed by atoms with Gasteiger partial charge in [-0.1, -0.05) is 35.9 Å². The van der Waals surface area contributed by atoms with Crippen LogP contribution in [-0.4, -0.2) is 35.5 Å². The van der Waals surface area contributed by atoms with E-state index in [1.807, 2.05) is 32.0 Å². The van der Waals surface area contributed by atoms with E-state index in [2.05, 4.69) is 34.3 Å². The highest BCUT2D eigenvalue weighted by molar-refractivity contribution is 7.22. The summed E-state index contributed by atoms with van der Waals surface area (Å²) in [6.07, 6.45) is 2.55. The Bertz CT molecular complexity index is 1070. The van der Waals surface area contributed by atoms with Gasteiger partial charge in [-0.15, -0.1) is 0 Å². The maximum atomic E-state index is 12.4. The molecule has 1 aliphatic rings. The molecular formula is C24H28ClN3O2S. The average molecular weight is 458 g/mol. The van der Waals surface area contributed by atoms with Crippen LogP contribution in [0.2, 0.25) is 5.02 Å². The van der Waals surface area contributed by atoms with Crippen LogP contribution in [0.5, 0.6) is 5.75 Å². The molecule has 31 heavy (non-hydrogen) atoms. The zero-order chi connectivity index (χ0) is 22.0. The number of rotatable bonds is 6. The van der Waals surface area contributed by atoms with Gasteiger partial charge in [0.15, 0.2) is 11.7 Å². The minimum Gasteiger partial charge on any atom is -0.484 e. The van der Waals surface area contributed by atoms with Crippen LogP contribution in [0.25, 0.3) is 10.2 Å². The van der Waals surface area contributed by atoms with Gasteiger partial charge < -0.3 is 4.74 Å². The van der Waals surface area contributed by atoms with Gasteiger partial charge in [0.05, 0.1) is 10.2 Å². The number of hydrogen-bond acceptors (Lipinski definition) is 5. The Labute approximate surface area is 192 Å². The Morgan fingerprint density at radius 1 is 1.23 bits per heavy atom. The number of halogens is 1. The number of thiazole rings is 1. The molecule has 2 heterocycles. The summed E-state index contributed by atoms with van der Waals surface area (Å²) in [5.41, 5.74) is 4.05. The molecule has 1 aliphatic heterocycles. The molecule has 0 spiro atoms. The molecule has 1 fully saturated rings. The van der Waals surface area contributed by atoms with Crippen LogP contribution in [0.1, 0.15) is 36.5 Å². The standard InChI is InChI=1S/C24H28ClN3O2S/c1-15-6-8-28(9-7-15)13-18-4-5-20-21(12-18)31-24(26-20)27-22(29)14-30-19-10-16(2)23(25)17(3)11-19/h4-5,10-12,15H,6-9,13-14H2,1-3H3,(H,26,27,29). The van der Waals surface area contributed by atoms with Crippen molar-refractivity contribution in [1.82, 2.24) is 9.88 Å². The lowest BCUT2D eigenvalue weighted by atomic mass is 9.99. The Morgan fingerprint density at radius 2 is 1.94 bits per heavy atom. The largest absolute Gasteiger partial charge is 0.484 e. The van der Waals surface area contributed by atoms with E-state index >= 15 is 0 Å². The van der Waals surface area contributed by atoms with Gasteiger partial charge in [-0.05, 0) is 86.7 Å². The molecule has 1 aromatic heterocycles. The summed E-state index contributed by atoms with van der Waals surface area (Å²) in [6.45, 7) is 9.39. The molecule has 0 aliphatic carbocycles. The first-order chi connectivity index (χ1) is 14.9. The fourth-order valence-electron chi connectivity index (χ4n) is 3.89. The lowest BCUT2D eigenvalue weighted by Crippen LogP contribution is -2.32. The Morgan fingerprint density at radius 3 is 2.65 bits per heavy atom. The summed E-state index contributed by atoms with van der Waals surface area (Å²) >= 11 is 7.68. The van der Waals surface area contributed by atoms with Crippen molar-refractivity contribution in [2.75, 3.05) is 25.0 Å². The minimum atomic E-state index is -0.230. The van der Waals surface area contributed by atoms with Crippen molar-refractivity contribution in [2.45, 2.75) is 40.2 Å². The number of benzene rings is 2. The predicted octanol–water partition coefficient (Wildman–Crippen LogP) is 5.82. The van der Waals surface area contributed by atoms with Gasteiger partial charge in [0.25, 0.3) is 5.91 Å². The number of nitrogens with zero attached hydrogens (tertiary/aromatic N) is 2. The lowest BCUT2D eigenvalue weighted by molar-refractivity contribution is -0.118. The van der Waals surface area contributed by atoms with E-state index in [4.69, 9.17) is 16.3 Å². The van der Waals surface area contributed by atoms with Gasteiger partial charge in [-0.3, -0.25) is 15.0 Å². The summed E-state index contributed by atoms with van der Waals surface area (Å²) in [5, 5.41) is 4.17. The molecule has 7 heteroatoms. The van der Waals surface area contributed by atoms with Gasteiger partial charge in [-0.25, -0.2) is 4.98 Å². The minimum absolute atomic E-state index is 0.0743. The zero-order valence-corrected chi connectivity index (χ0v) is 19.8. The quantitative estimate of drug-likeness (QED) is 0.507. The van der Waals surface area contributed by atoms with Gasteiger partial charge >= 0.3 is 0 Å². The number of amides is 1. The fourth-order valence-corrected chi connectivity index (χ4v) is 4.95. The van der Waals surface area contributed by atoms with Crippen molar-refractivity contribution in [3.63, 3.8) is 0 Å². The predicted molar refractivity (Wildman–Crippen MR) is 128 cm³/mol. The summed E-state index contributed by atoms with van der Waals surface area (Å²) in [6, 6.07) is 10.0. The monoisotopic (exact) mass is 457 g/mol. The molecule has 0 atom stereocenters. The number of carbonyl (C=O) groups is 1. The second-order valence-corrected chi connectivity index (χ2v) is 9.90. The highest BCUT2D eigenvalue weighted by Crippen LogP contribution is 2.28. The number of aryl methyl sites for hydroxylation is 2. The molecule has 0 bridgehead atoms. The second kappa shape index (κ2) is 9.55. The molecule has 2 aromatic carbocycles. The van der Waals surface area contributed by atoms with E-state index in [0.717, 1.165) is 51.9 Å². The number of likely N-dealkylation sites (tertiary alicyclic amines) is 1. The Balaban J connectivity index is 1.35. The first-order valence-electron chi connectivity index (χ1n) is 10.7. The van der Waals surface area contributed by atoms with Crippen molar-refractivity contribution in [2.24, 2.45) is 5.92 Å². The summed E-state index contributed by atoms with van der Waals surface area (Å²) in [5.74, 6) is 1.24. The maximum absolute atomic E-state index is 12.4. The van der Waals surface area contributed by atoms with Gasteiger partial charge in [-0.2, -0.15) is 0 Å². The van der Waals surface area contributed by atoms with E-state index < -0.39 is 0 Å². The number of piperidine rings is 1. The first kappa shape index (κ1) is 22.1. The topological polar surface area (TPSA) is 54.5 Å². The maximum Gasteiger partial charge on any atom is 0.264 e. The molecular weight excluding hydrogens is 430 g/mol. The van der Waals surface area contributed by atoms with Crippen LogP contribution in [0.3, 0.4) is 0 Å². The van der Waals surface area contributed by atoms with Crippen LogP contribution in [0, 0.1) is 19.8 Å². The van der Waals surface area contributed by atoms with E-state index in [1.54, 1.807) is 0 Å². The van der Waals surface area contributed by atoms with Crippen LogP contribution in [-0.2, 0) is 11.3 Å². The summed E-state index contributed by atoms with van der Waals surface area (Å²) < 4.78 is 6.73. The number of aromatic nitrogens is 1. The van der Waals surface area contributed by atoms with Gasteiger partial charge in [0, 0.05) is 11.6 Å². The second-order valence-electron chi connectivity index (χ2n) is 8.49. The van der Waals surface area contributed by atoms with Crippen LogP contribution < -0.4 is 10.1 Å². The molecule has 1 N–H and O–H groups in total. The van der Waals surface area contributed by atoms with E-state index in [1.165, 1.54) is 29.7 Å². The van der Waals surface area contributed by atoms with E-state index in [9.17, 15) is 4.79 Å². The van der Waals surface area contributed by atoms with Crippen LogP contribution >= 0.6 is 22.9 Å². The normalized spacial score (nSPS) is 15.4. The zero-order valence-electron chi connectivity index (χ0n) is 18.2. The lowest BCUT2D eigenvalue weighted by Gasteiger charge is -2.30. The first-order valence-corrected chi connectivity index (χ1v) is 11.9. The molecule has 1 saturated heterocycles. The highest BCUT2D eigenvalue weighted by atomic mass is 35.5. The average Bonchev–Trinajstić information content (AvgIpc) is 3.13. The molecule has 164 valence electrons. The van der Waals surface area contributed by atoms with E-state index in [0.29, 0.717) is 10.9 Å². The van der Waals surface area contributed by atoms with Crippen LogP contribution in [0.15, 0.2) is 30.3 Å². The smallest absolute Gasteiger partial charge is 0.264 e. The Kier molecular flexibility index (Phi) is 6.80. The number of anilines is 1. The SMILES string of the molecule is Cc1cc(OCC(=O)Nc2nc3ccc(CN4CCC(C)CC4)cc3s2)cc(C)c1Cl. The van der Waals surface area contributed by atoms with E-state index in [-0.39, 0.29) is 12.5 Å². The van der Waals surface area contributed by atoms with Crippen molar-refractivity contribution in [3.8, 4) is 5.75 Å². The third-order valence-electron chi connectivity index (χ3n) is 5.76. The number of fused-ring (bicyclic) bond motifs is 1. The van der Waals surface area contributed by atoms with Crippen molar-refractivity contribution in [3.05, 3.63) is 52.0 Å². The van der Waals surface area contributed by atoms with Gasteiger partial charge in [0.2, 0.25) is 0 Å². The van der Waals surface area contributed by atoms with Crippen molar-refractivity contribution < 1.29 is 9.53 Å².